The molecule has 0 aliphatic rings. The third-order valence-electron chi connectivity index (χ3n) is 7.37. The summed E-state index contributed by atoms with van der Waals surface area (Å²) in [6.07, 6.45) is 1.62. The second-order valence-corrected chi connectivity index (χ2v) is 14.7. The Morgan fingerprint density at radius 1 is 0.784 bits per heavy atom. The number of benzene rings is 5. The van der Waals surface area contributed by atoms with E-state index in [1.54, 1.807) is 54.6 Å². The molecule has 3 N–H and O–H groups in total. The number of anilines is 2. The highest BCUT2D eigenvalue weighted by molar-refractivity contribution is 9.10. The monoisotopic (exact) mass is 812 g/mol. The van der Waals surface area contributed by atoms with Crippen LogP contribution >= 0.6 is 62.2 Å². The van der Waals surface area contributed by atoms with Crippen LogP contribution < -0.4 is 16.0 Å². The van der Waals surface area contributed by atoms with Crippen LogP contribution in [0.2, 0.25) is 10.0 Å². The molecule has 1 unspecified atom stereocenters. The lowest BCUT2D eigenvalue weighted by atomic mass is 10.1. The number of hydrogen-bond acceptors (Lipinski definition) is 6. The molecule has 0 bridgehead atoms. The van der Waals surface area contributed by atoms with Crippen LogP contribution in [0, 0.1) is 0 Å². The average Bonchev–Trinajstić information content (AvgIpc) is 3.62. The summed E-state index contributed by atoms with van der Waals surface area (Å²) in [4.78, 5) is 45.6. The third kappa shape index (κ3) is 9.75. The summed E-state index contributed by atoms with van der Waals surface area (Å²) in [7, 11) is 0. The normalized spacial score (nSPS) is 11.8. The minimum atomic E-state index is -0.599. The predicted molar refractivity (Wildman–Crippen MR) is 212 cm³/mol. The first-order valence-electron chi connectivity index (χ1n) is 15.4. The van der Waals surface area contributed by atoms with Crippen molar-refractivity contribution in [1.29, 1.82) is 0 Å². The summed E-state index contributed by atoms with van der Waals surface area (Å²) in [5, 5.41) is 11.2. The third-order valence-corrected chi connectivity index (χ3v) is 10.7. The number of carbonyl (C=O) groups is 3. The molecule has 1 atom stereocenters. The molecule has 5 aromatic carbocycles. The Morgan fingerprint density at radius 2 is 1.47 bits per heavy atom. The van der Waals surface area contributed by atoms with Gasteiger partial charge in [0.25, 0.3) is 11.8 Å². The molecular formula is C39H27BrCl2N4O3S2. The van der Waals surface area contributed by atoms with Crippen molar-refractivity contribution in [3.8, 4) is 11.3 Å². The molecule has 1 aromatic heterocycles. The molecule has 0 saturated carbocycles. The summed E-state index contributed by atoms with van der Waals surface area (Å²) in [6, 6.07) is 37.9. The van der Waals surface area contributed by atoms with Crippen LogP contribution in [-0.2, 0) is 9.59 Å². The zero-order chi connectivity index (χ0) is 35.7. The zero-order valence-electron chi connectivity index (χ0n) is 26.5. The summed E-state index contributed by atoms with van der Waals surface area (Å²) in [6.45, 7) is 0. The molecule has 6 rings (SSSR count). The number of amides is 3. The van der Waals surface area contributed by atoms with E-state index in [2.05, 4.69) is 36.9 Å². The van der Waals surface area contributed by atoms with Gasteiger partial charge >= 0.3 is 0 Å². The fourth-order valence-electron chi connectivity index (χ4n) is 4.81. The summed E-state index contributed by atoms with van der Waals surface area (Å²) >= 11 is 18.4. The lowest BCUT2D eigenvalue weighted by Crippen LogP contribution is -2.30. The van der Waals surface area contributed by atoms with Gasteiger partial charge in [0.15, 0.2) is 5.13 Å². The quantitative estimate of drug-likeness (QED) is 0.0893. The molecular weight excluding hydrogens is 787 g/mol. The van der Waals surface area contributed by atoms with E-state index >= 15 is 0 Å². The van der Waals surface area contributed by atoms with E-state index in [1.165, 1.54) is 23.1 Å². The van der Waals surface area contributed by atoms with E-state index in [9.17, 15) is 14.4 Å². The molecule has 51 heavy (non-hydrogen) atoms. The van der Waals surface area contributed by atoms with Crippen molar-refractivity contribution in [2.45, 2.75) is 10.1 Å². The zero-order valence-corrected chi connectivity index (χ0v) is 31.2. The fourth-order valence-corrected chi connectivity index (χ4v) is 7.12. The second kappa shape index (κ2) is 17.0. The van der Waals surface area contributed by atoms with Gasteiger partial charge in [-0.25, -0.2) is 4.98 Å². The van der Waals surface area contributed by atoms with Gasteiger partial charge in [0, 0.05) is 31.6 Å². The Kier molecular flexibility index (Phi) is 12.0. The summed E-state index contributed by atoms with van der Waals surface area (Å²) in [5.41, 5.74) is 4.02. The van der Waals surface area contributed by atoms with Gasteiger partial charge in [-0.15, -0.1) is 23.1 Å². The smallest absolute Gasteiger partial charge is 0.272 e. The minimum absolute atomic E-state index is 0.0787. The van der Waals surface area contributed by atoms with Gasteiger partial charge < -0.3 is 16.0 Å². The number of thiazole rings is 1. The van der Waals surface area contributed by atoms with Gasteiger partial charge in [0.05, 0.1) is 15.7 Å². The fraction of sp³-hybridized carbons (Fsp3) is 0.0256. The van der Waals surface area contributed by atoms with E-state index in [1.807, 2.05) is 84.2 Å². The Bertz CT molecular complexity index is 2200. The van der Waals surface area contributed by atoms with Crippen molar-refractivity contribution in [3.05, 3.63) is 170 Å². The van der Waals surface area contributed by atoms with E-state index in [-0.39, 0.29) is 11.6 Å². The first kappa shape index (κ1) is 36.1. The topological polar surface area (TPSA) is 100 Å². The molecule has 0 aliphatic heterocycles. The maximum atomic E-state index is 13.7. The SMILES string of the molecule is O=C(Nc1ccc(SC(C(=O)Nc2nc(-c3ccc(Cl)c(Cl)c3)cs2)c2ccccc2)cc1)/C(=C/c1ccc(Br)cc1)NC(=O)c1ccccc1. The minimum Gasteiger partial charge on any atom is -0.321 e. The molecule has 0 radical (unpaired) electrons. The summed E-state index contributed by atoms with van der Waals surface area (Å²) < 4.78 is 0.890. The van der Waals surface area contributed by atoms with Gasteiger partial charge in [0.1, 0.15) is 10.9 Å². The van der Waals surface area contributed by atoms with Crippen molar-refractivity contribution in [3.63, 3.8) is 0 Å². The van der Waals surface area contributed by atoms with Crippen molar-refractivity contribution < 1.29 is 14.4 Å². The van der Waals surface area contributed by atoms with Crippen molar-refractivity contribution in [1.82, 2.24) is 10.3 Å². The maximum Gasteiger partial charge on any atom is 0.272 e. The average molecular weight is 815 g/mol. The highest BCUT2D eigenvalue weighted by atomic mass is 79.9. The Labute approximate surface area is 321 Å². The Morgan fingerprint density at radius 3 is 2.16 bits per heavy atom. The second-order valence-electron chi connectivity index (χ2n) is 11.0. The highest BCUT2D eigenvalue weighted by Gasteiger charge is 2.24. The number of rotatable bonds is 11. The van der Waals surface area contributed by atoms with Crippen LogP contribution in [0.4, 0.5) is 10.8 Å². The number of nitrogens with zero attached hydrogens (tertiary/aromatic N) is 1. The van der Waals surface area contributed by atoms with Crippen LogP contribution in [0.5, 0.6) is 0 Å². The molecule has 6 aromatic rings. The van der Waals surface area contributed by atoms with Crippen molar-refractivity contribution in [2.75, 3.05) is 10.6 Å². The van der Waals surface area contributed by atoms with Crippen LogP contribution in [0.1, 0.15) is 26.7 Å². The van der Waals surface area contributed by atoms with E-state index < -0.39 is 17.1 Å². The first-order chi connectivity index (χ1) is 24.7. The van der Waals surface area contributed by atoms with Crippen LogP contribution in [0.25, 0.3) is 17.3 Å². The van der Waals surface area contributed by atoms with Gasteiger partial charge in [-0.3, -0.25) is 14.4 Å². The lowest BCUT2D eigenvalue weighted by molar-refractivity contribution is -0.116. The van der Waals surface area contributed by atoms with Gasteiger partial charge in [-0.1, -0.05) is 106 Å². The van der Waals surface area contributed by atoms with E-state index in [0.29, 0.717) is 32.1 Å². The van der Waals surface area contributed by atoms with Gasteiger partial charge in [0.2, 0.25) is 5.91 Å². The number of aromatic nitrogens is 1. The maximum absolute atomic E-state index is 13.7. The number of halogens is 3. The highest BCUT2D eigenvalue weighted by Crippen LogP contribution is 2.38. The molecule has 0 aliphatic carbocycles. The molecule has 7 nitrogen and oxygen atoms in total. The Balaban J connectivity index is 1.17. The van der Waals surface area contributed by atoms with Gasteiger partial charge in [-0.05, 0) is 77.9 Å². The lowest BCUT2D eigenvalue weighted by Gasteiger charge is -2.17. The number of carbonyl (C=O) groups excluding carboxylic acids is 3. The molecule has 3 amide bonds. The van der Waals surface area contributed by atoms with Crippen molar-refractivity contribution in [2.24, 2.45) is 0 Å². The standard InChI is InChI=1S/C39H27BrCl2N4O3S2/c40-28-14-11-24(12-15-28)21-33(44-36(47)26-9-5-2-6-10-26)37(48)43-29-16-18-30(19-17-29)51-35(25-7-3-1-4-8-25)38(49)46-39-45-34(23-50-39)27-13-20-31(41)32(42)22-27/h1-23,35H,(H,43,48)(H,44,47)(H,45,46,49)/b33-21-. The van der Waals surface area contributed by atoms with E-state index in [4.69, 9.17) is 23.2 Å². The molecule has 1 heterocycles. The number of thioether (sulfide) groups is 1. The van der Waals surface area contributed by atoms with Crippen LogP contribution in [0.15, 0.2) is 148 Å². The largest absolute Gasteiger partial charge is 0.321 e. The molecule has 0 fully saturated rings. The van der Waals surface area contributed by atoms with Crippen LogP contribution in [0.3, 0.4) is 0 Å². The summed E-state index contributed by atoms with van der Waals surface area (Å²) in [5.74, 6) is -1.14. The van der Waals surface area contributed by atoms with Crippen molar-refractivity contribution >= 4 is 96.8 Å². The molecule has 0 spiro atoms. The van der Waals surface area contributed by atoms with Crippen LogP contribution in [-0.4, -0.2) is 22.7 Å². The number of nitrogens with one attached hydrogen (secondary N) is 3. The predicted octanol–water partition coefficient (Wildman–Crippen LogP) is 10.8. The molecule has 12 heteroatoms. The first-order valence-corrected chi connectivity index (χ1v) is 18.7. The van der Waals surface area contributed by atoms with E-state index in [0.717, 1.165) is 26.1 Å². The number of hydrogen-bond donors (Lipinski definition) is 3. The molecule has 254 valence electrons. The molecule has 0 saturated heterocycles. The Hall–Kier alpha value is -4.71. The van der Waals surface area contributed by atoms with Gasteiger partial charge in [-0.2, -0.15) is 0 Å².